The number of aromatic nitrogens is 2. The Kier molecular flexibility index (Phi) is 6.53. The largest absolute Gasteiger partial charge is 0.369 e. The number of halogens is 1. The first-order valence-electron chi connectivity index (χ1n) is 9.47. The molecule has 2 aromatic rings. The van der Waals surface area contributed by atoms with Gasteiger partial charge in [0.05, 0.1) is 21.7 Å². The standard InChI is InChI=1S/C19H29ClN4S/c1-4-14(5-2)25-19-21-16-12-15(20)18(13-17(16)22-19)24-9-7-8-23(6-3)10-11-24/h12-14H,4-11H2,1-3H3,(H,21,22). The Balaban J connectivity index is 1.83. The highest BCUT2D eigenvalue weighted by Gasteiger charge is 2.18. The molecule has 25 heavy (non-hydrogen) atoms. The summed E-state index contributed by atoms with van der Waals surface area (Å²) in [6.45, 7) is 12.2. The Morgan fingerprint density at radius 2 is 1.96 bits per heavy atom. The first-order valence-corrected chi connectivity index (χ1v) is 10.7. The number of hydrogen-bond donors (Lipinski definition) is 1. The minimum absolute atomic E-state index is 0.612. The third-order valence-electron chi connectivity index (χ3n) is 5.09. The second kappa shape index (κ2) is 8.65. The molecule has 2 heterocycles. The summed E-state index contributed by atoms with van der Waals surface area (Å²) in [4.78, 5) is 13.2. The molecule has 0 spiro atoms. The van der Waals surface area contributed by atoms with Crippen LogP contribution < -0.4 is 4.90 Å². The Morgan fingerprint density at radius 1 is 1.16 bits per heavy atom. The van der Waals surface area contributed by atoms with E-state index in [-0.39, 0.29) is 0 Å². The van der Waals surface area contributed by atoms with Crippen molar-refractivity contribution in [1.29, 1.82) is 0 Å². The van der Waals surface area contributed by atoms with E-state index in [9.17, 15) is 0 Å². The molecule has 0 amide bonds. The Hall–Kier alpha value is -0.910. The van der Waals surface area contributed by atoms with Gasteiger partial charge in [-0.15, -0.1) is 0 Å². The van der Waals surface area contributed by atoms with Crippen LogP contribution in [0.2, 0.25) is 5.02 Å². The molecule has 0 saturated carbocycles. The van der Waals surface area contributed by atoms with Crippen molar-refractivity contribution in [3.8, 4) is 0 Å². The highest BCUT2D eigenvalue weighted by Crippen LogP contribution is 2.33. The van der Waals surface area contributed by atoms with Gasteiger partial charge in [-0.25, -0.2) is 4.98 Å². The topological polar surface area (TPSA) is 35.2 Å². The molecule has 1 aliphatic heterocycles. The summed E-state index contributed by atoms with van der Waals surface area (Å²) >= 11 is 8.46. The van der Waals surface area contributed by atoms with Crippen molar-refractivity contribution in [2.45, 2.75) is 50.4 Å². The second-order valence-corrected chi connectivity index (χ2v) is 8.39. The van der Waals surface area contributed by atoms with Crippen molar-refractivity contribution in [2.75, 3.05) is 37.6 Å². The van der Waals surface area contributed by atoms with E-state index in [1.54, 1.807) is 0 Å². The van der Waals surface area contributed by atoms with Crippen LogP contribution in [0.3, 0.4) is 0 Å². The van der Waals surface area contributed by atoms with Gasteiger partial charge in [-0.1, -0.05) is 44.1 Å². The zero-order chi connectivity index (χ0) is 17.8. The number of rotatable bonds is 6. The number of nitrogens with zero attached hydrogens (tertiary/aromatic N) is 3. The normalized spacial score (nSPS) is 16.8. The number of H-pyrrole nitrogens is 1. The summed E-state index contributed by atoms with van der Waals surface area (Å²) in [6, 6.07) is 4.20. The fourth-order valence-corrected chi connectivity index (χ4v) is 4.69. The number of imidazole rings is 1. The summed E-state index contributed by atoms with van der Waals surface area (Å²) < 4.78 is 0. The van der Waals surface area contributed by atoms with Crippen LogP contribution in [0.5, 0.6) is 0 Å². The van der Waals surface area contributed by atoms with Gasteiger partial charge >= 0.3 is 0 Å². The van der Waals surface area contributed by atoms with Crippen LogP contribution in [0, 0.1) is 0 Å². The number of likely N-dealkylation sites (N-methyl/N-ethyl adjacent to an activating group) is 1. The summed E-state index contributed by atoms with van der Waals surface area (Å²) in [7, 11) is 0. The first kappa shape index (κ1) is 18.9. The van der Waals surface area contributed by atoms with Crippen LogP contribution in [0.1, 0.15) is 40.0 Å². The number of thioether (sulfide) groups is 1. The van der Waals surface area contributed by atoms with Crippen molar-refractivity contribution in [2.24, 2.45) is 0 Å². The van der Waals surface area contributed by atoms with E-state index in [0.29, 0.717) is 5.25 Å². The maximum absolute atomic E-state index is 6.62. The van der Waals surface area contributed by atoms with Crippen molar-refractivity contribution >= 4 is 40.1 Å². The average molecular weight is 381 g/mol. The quantitative estimate of drug-likeness (QED) is 0.713. The van der Waals surface area contributed by atoms with Gasteiger partial charge in [0.15, 0.2) is 5.16 Å². The van der Waals surface area contributed by atoms with Gasteiger partial charge in [-0.3, -0.25) is 0 Å². The van der Waals surface area contributed by atoms with E-state index in [1.807, 2.05) is 17.8 Å². The maximum atomic E-state index is 6.62. The molecular weight excluding hydrogens is 352 g/mol. The van der Waals surface area contributed by atoms with Gasteiger partial charge in [0, 0.05) is 24.9 Å². The lowest BCUT2D eigenvalue weighted by atomic mass is 10.2. The molecule has 1 saturated heterocycles. The Morgan fingerprint density at radius 3 is 2.68 bits per heavy atom. The molecule has 1 N–H and O–H groups in total. The zero-order valence-corrected chi connectivity index (χ0v) is 17.1. The van der Waals surface area contributed by atoms with E-state index in [2.05, 4.69) is 41.6 Å². The van der Waals surface area contributed by atoms with Gasteiger partial charge < -0.3 is 14.8 Å². The van der Waals surface area contributed by atoms with Gasteiger partial charge in [0.1, 0.15) is 0 Å². The zero-order valence-electron chi connectivity index (χ0n) is 15.5. The summed E-state index contributed by atoms with van der Waals surface area (Å²) in [5.74, 6) is 0. The van der Waals surface area contributed by atoms with Crippen LogP contribution in [-0.4, -0.2) is 52.8 Å². The van der Waals surface area contributed by atoms with Gasteiger partial charge in [0.25, 0.3) is 0 Å². The molecule has 0 bridgehead atoms. The molecule has 4 nitrogen and oxygen atoms in total. The molecular formula is C19H29ClN4S. The van der Waals surface area contributed by atoms with Crippen molar-refractivity contribution in [1.82, 2.24) is 14.9 Å². The average Bonchev–Trinajstić information content (AvgIpc) is 2.85. The van der Waals surface area contributed by atoms with E-state index >= 15 is 0 Å². The highest BCUT2D eigenvalue weighted by atomic mass is 35.5. The lowest BCUT2D eigenvalue weighted by molar-refractivity contribution is 0.310. The molecule has 1 aromatic carbocycles. The smallest absolute Gasteiger partial charge is 0.166 e. The lowest BCUT2D eigenvalue weighted by Gasteiger charge is -2.24. The Bertz CT molecular complexity index is 698. The number of benzene rings is 1. The van der Waals surface area contributed by atoms with Gasteiger partial charge in [-0.2, -0.15) is 0 Å². The fourth-order valence-electron chi connectivity index (χ4n) is 3.44. The summed E-state index contributed by atoms with van der Waals surface area (Å²) in [5.41, 5.74) is 3.18. The number of aromatic amines is 1. The highest BCUT2D eigenvalue weighted by molar-refractivity contribution is 7.99. The van der Waals surface area contributed by atoms with Gasteiger partial charge in [-0.05, 0) is 44.5 Å². The predicted molar refractivity (Wildman–Crippen MR) is 110 cm³/mol. The van der Waals surface area contributed by atoms with Crippen LogP contribution in [0.25, 0.3) is 11.0 Å². The first-order chi connectivity index (χ1) is 12.1. The third-order valence-corrected chi connectivity index (χ3v) is 6.81. The second-order valence-electron chi connectivity index (χ2n) is 6.69. The molecule has 138 valence electrons. The van der Waals surface area contributed by atoms with Crippen LogP contribution in [0.4, 0.5) is 5.69 Å². The number of anilines is 1. The molecule has 1 aliphatic rings. The molecule has 0 unspecified atom stereocenters. The number of hydrogen-bond acceptors (Lipinski definition) is 4. The van der Waals surface area contributed by atoms with Crippen LogP contribution >= 0.6 is 23.4 Å². The number of nitrogens with one attached hydrogen (secondary N) is 1. The number of fused-ring (bicyclic) bond motifs is 1. The minimum atomic E-state index is 0.612. The molecule has 0 radical (unpaired) electrons. The van der Waals surface area contributed by atoms with Crippen LogP contribution in [0.15, 0.2) is 17.3 Å². The minimum Gasteiger partial charge on any atom is -0.369 e. The fraction of sp³-hybridized carbons (Fsp3) is 0.632. The van der Waals surface area contributed by atoms with E-state index in [0.717, 1.165) is 65.9 Å². The van der Waals surface area contributed by atoms with Crippen molar-refractivity contribution in [3.05, 3.63) is 17.2 Å². The molecule has 0 aliphatic carbocycles. The predicted octanol–water partition coefficient (Wildman–Crippen LogP) is 5.03. The monoisotopic (exact) mass is 380 g/mol. The molecule has 3 rings (SSSR count). The van der Waals surface area contributed by atoms with Gasteiger partial charge in [0.2, 0.25) is 0 Å². The molecule has 1 aromatic heterocycles. The maximum Gasteiger partial charge on any atom is 0.166 e. The van der Waals surface area contributed by atoms with E-state index in [4.69, 9.17) is 16.6 Å². The van der Waals surface area contributed by atoms with E-state index < -0.39 is 0 Å². The third kappa shape index (κ3) is 4.44. The molecule has 0 atom stereocenters. The van der Waals surface area contributed by atoms with E-state index in [1.165, 1.54) is 13.0 Å². The Labute approximate surface area is 160 Å². The van der Waals surface area contributed by atoms with Crippen molar-refractivity contribution in [3.63, 3.8) is 0 Å². The SMILES string of the molecule is CCC(CC)Sc1nc2cc(N3CCCN(CC)CC3)c(Cl)cc2[nH]1. The van der Waals surface area contributed by atoms with Crippen LogP contribution in [-0.2, 0) is 0 Å². The van der Waals surface area contributed by atoms with Crippen molar-refractivity contribution < 1.29 is 0 Å². The molecule has 6 heteroatoms. The summed E-state index contributed by atoms with van der Waals surface area (Å²) in [5, 5.41) is 2.44. The lowest BCUT2D eigenvalue weighted by Crippen LogP contribution is -2.30. The molecule has 1 fully saturated rings. The summed E-state index contributed by atoms with van der Waals surface area (Å²) in [6.07, 6.45) is 3.50.